The molecule has 1 aromatic carbocycles. The maximum absolute atomic E-state index is 11.8. The number of amides is 1. The average molecular weight is 308 g/mol. The zero-order chi connectivity index (χ0) is 15.5. The molecule has 1 aliphatic rings. The molecule has 21 heavy (non-hydrogen) atoms. The first-order chi connectivity index (χ1) is 9.90. The fourth-order valence-electron chi connectivity index (χ4n) is 1.92. The summed E-state index contributed by atoms with van der Waals surface area (Å²) < 4.78 is 28.7. The quantitative estimate of drug-likeness (QED) is 0.910. The van der Waals surface area contributed by atoms with E-state index in [4.69, 9.17) is 4.74 Å². The predicted molar refractivity (Wildman–Crippen MR) is 79.9 cm³/mol. The molecule has 6 nitrogen and oxygen atoms in total. The largest absolute Gasteiger partial charge is 0.497 e. The molecule has 0 saturated heterocycles. The SMILES string of the molecule is COc1ccc(S(C)(=O)=O)c(C=CC2=NNC(=O)CC2)c1. The van der Waals surface area contributed by atoms with Gasteiger partial charge in [0.15, 0.2) is 9.84 Å². The average Bonchev–Trinajstić information content (AvgIpc) is 2.45. The third kappa shape index (κ3) is 3.91. The first kappa shape index (κ1) is 15.2. The normalized spacial score (nSPS) is 15.7. The smallest absolute Gasteiger partial charge is 0.240 e. The molecule has 0 radical (unpaired) electrons. The molecule has 7 heteroatoms. The molecule has 1 heterocycles. The van der Waals surface area contributed by atoms with Crippen molar-refractivity contribution < 1.29 is 17.9 Å². The van der Waals surface area contributed by atoms with Crippen LogP contribution in [0.1, 0.15) is 18.4 Å². The lowest BCUT2D eigenvalue weighted by atomic mass is 10.1. The summed E-state index contributed by atoms with van der Waals surface area (Å²) >= 11 is 0. The van der Waals surface area contributed by atoms with Crippen molar-refractivity contribution in [2.24, 2.45) is 5.10 Å². The maximum Gasteiger partial charge on any atom is 0.240 e. The van der Waals surface area contributed by atoms with E-state index in [1.54, 1.807) is 24.3 Å². The maximum atomic E-state index is 11.8. The van der Waals surface area contributed by atoms with Crippen LogP contribution >= 0.6 is 0 Å². The Kier molecular flexibility index (Phi) is 4.42. The first-order valence-corrected chi connectivity index (χ1v) is 8.21. The molecule has 1 amide bonds. The molecule has 1 aliphatic heterocycles. The molecule has 0 aromatic heterocycles. The minimum absolute atomic E-state index is 0.120. The van der Waals surface area contributed by atoms with Crippen LogP contribution in [-0.4, -0.2) is 33.4 Å². The summed E-state index contributed by atoms with van der Waals surface area (Å²) in [7, 11) is -1.82. The number of carbonyl (C=O) groups excluding carboxylic acids is 1. The lowest BCUT2D eigenvalue weighted by Gasteiger charge is -2.09. The Morgan fingerprint density at radius 1 is 1.29 bits per heavy atom. The van der Waals surface area contributed by atoms with Gasteiger partial charge < -0.3 is 4.74 Å². The Balaban J connectivity index is 2.36. The molecule has 0 spiro atoms. The van der Waals surface area contributed by atoms with Gasteiger partial charge in [0.25, 0.3) is 0 Å². The zero-order valence-electron chi connectivity index (χ0n) is 11.8. The number of sulfone groups is 1. The Morgan fingerprint density at radius 3 is 2.62 bits per heavy atom. The summed E-state index contributed by atoms with van der Waals surface area (Å²) in [5.74, 6) is 0.450. The molecule has 0 atom stereocenters. The van der Waals surface area contributed by atoms with Crippen molar-refractivity contribution in [2.75, 3.05) is 13.4 Å². The molecule has 0 aliphatic carbocycles. The summed E-state index contributed by atoms with van der Waals surface area (Å²) in [6.45, 7) is 0. The third-order valence-corrected chi connectivity index (χ3v) is 4.17. The number of nitrogens with one attached hydrogen (secondary N) is 1. The van der Waals surface area contributed by atoms with Crippen LogP contribution < -0.4 is 10.2 Å². The van der Waals surface area contributed by atoms with Crippen LogP contribution in [0.4, 0.5) is 0 Å². The van der Waals surface area contributed by atoms with Crippen LogP contribution in [0.15, 0.2) is 34.3 Å². The number of hydrogen-bond donors (Lipinski definition) is 1. The van der Waals surface area contributed by atoms with E-state index in [1.807, 2.05) is 0 Å². The molecule has 1 aromatic rings. The number of carbonyl (C=O) groups is 1. The van der Waals surface area contributed by atoms with Gasteiger partial charge in [-0.05, 0) is 29.8 Å². The van der Waals surface area contributed by atoms with Gasteiger partial charge in [0.1, 0.15) is 5.75 Å². The standard InChI is InChI=1S/C14H16N2O4S/c1-20-12-6-7-13(21(2,18)19)10(9-12)3-4-11-5-8-14(17)16-15-11/h3-4,6-7,9H,5,8H2,1-2H3,(H,16,17). The highest BCUT2D eigenvalue weighted by Gasteiger charge is 2.13. The predicted octanol–water partition coefficient (Wildman–Crippen LogP) is 1.38. The number of rotatable bonds is 4. The molecule has 1 N–H and O–H groups in total. The molecule has 0 saturated carbocycles. The van der Waals surface area contributed by atoms with Gasteiger partial charge in [-0.25, -0.2) is 13.8 Å². The van der Waals surface area contributed by atoms with Crippen LogP contribution in [-0.2, 0) is 14.6 Å². The van der Waals surface area contributed by atoms with Gasteiger partial charge >= 0.3 is 0 Å². The van der Waals surface area contributed by atoms with E-state index in [-0.39, 0.29) is 10.8 Å². The second kappa shape index (κ2) is 6.09. The molecule has 0 bridgehead atoms. The summed E-state index contributed by atoms with van der Waals surface area (Å²) in [5.41, 5.74) is 3.61. The Morgan fingerprint density at radius 2 is 2.05 bits per heavy atom. The number of nitrogens with zero attached hydrogens (tertiary/aromatic N) is 1. The Labute approximate surface area is 123 Å². The van der Waals surface area contributed by atoms with Crippen LogP contribution in [0.5, 0.6) is 5.75 Å². The molecule has 0 fully saturated rings. The minimum Gasteiger partial charge on any atom is -0.497 e. The van der Waals surface area contributed by atoms with Gasteiger partial charge in [0.05, 0.1) is 17.7 Å². The Bertz CT molecular complexity index is 720. The van der Waals surface area contributed by atoms with Gasteiger partial charge in [-0.15, -0.1) is 0 Å². The third-order valence-electron chi connectivity index (χ3n) is 3.00. The van der Waals surface area contributed by atoms with Crippen molar-refractivity contribution in [1.29, 1.82) is 0 Å². The highest BCUT2D eigenvalue weighted by atomic mass is 32.2. The number of hydrogen-bond acceptors (Lipinski definition) is 5. The topological polar surface area (TPSA) is 84.8 Å². The van der Waals surface area contributed by atoms with Crippen molar-refractivity contribution in [3.8, 4) is 5.75 Å². The molecule has 2 rings (SSSR count). The van der Waals surface area contributed by atoms with Gasteiger partial charge in [-0.2, -0.15) is 5.10 Å². The van der Waals surface area contributed by atoms with Crippen molar-refractivity contribution in [3.63, 3.8) is 0 Å². The van der Waals surface area contributed by atoms with Crippen molar-refractivity contribution in [2.45, 2.75) is 17.7 Å². The summed E-state index contributed by atoms with van der Waals surface area (Å²) in [6, 6.07) is 4.76. The van der Waals surface area contributed by atoms with E-state index < -0.39 is 9.84 Å². The Hall–Kier alpha value is -2.15. The minimum atomic E-state index is -3.34. The number of benzene rings is 1. The number of allylic oxidation sites excluding steroid dienone is 1. The second-order valence-corrected chi connectivity index (χ2v) is 6.63. The monoisotopic (exact) mass is 308 g/mol. The van der Waals surface area contributed by atoms with E-state index in [0.29, 0.717) is 29.9 Å². The van der Waals surface area contributed by atoms with Crippen LogP contribution in [0, 0.1) is 0 Å². The van der Waals surface area contributed by atoms with Crippen molar-refractivity contribution >= 4 is 27.5 Å². The molecular weight excluding hydrogens is 292 g/mol. The van der Waals surface area contributed by atoms with E-state index in [1.165, 1.54) is 13.2 Å². The van der Waals surface area contributed by atoms with E-state index in [0.717, 1.165) is 6.26 Å². The van der Waals surface area contributed by atoms with Crippen LogP contribution in [0.3, 0.4) is 0 Å². The van der Waals surface area contributed by atoms with Gasteiger partial charge in [0, 0.05) is 19.1 Å². The summed E-state index contributed by atoms with van der Waals surface area (Å²) in [4.78, 5) is 11.2. The van der Waals surface area contributed by atoms with E-state index in [2.05, 4.69) is 10.5 Å². The van der Waals surface area contributed by atoms with Crippen molar-refractivity contribution in [3.05, 3.63) is 29.8 Å². The van der Waals surface area contributed by atoms with Gasteiger partial charge in [0.2, 0.25) is 5.91 Å². The lowest BCUT2D eigenvalue weighted by Crippen LogP contribution is -2.24. The number of ether oxygens (including phenoxy) is 1. The van der Waals surface area contributed by atoms with Crippen molar-refractivity contribution in [1.82, 2.24) is 5.43 Å². The molecule has 112 valence electrons. The molecular formula is C14H16N2O4S. The van der Waals surface area contributed by atoms with E-state index in [9.17, 15) is 13.2 Å². The highest BCUT2D eigenvalue weighted by molar-refractivity contribution is 7.90. The second-order valence-electron chi connectivity index (χ2n) is 4.65. The number of methoxy groups -OCH3 is 1. The summed E-state index contributed by atoms with van der Waals surface area (Å²) in [6.07, 6.45) is 5.42. The van der Waals surface area contributed by atoms with E-state index >= 15 is 0 Å². The zero-order valence-corrected chi connectivity index (χ0v) is 12.6. The first-order valence-electron chi connectivity index (χ1n) is 6.32. The highest BCUT2D eigenvalue weighted by Crippen LogP contribution is 2.23. The fourth-order valence-corrected chi connectivity index (χ4v) is 2.79. The number of hydrazone groups is 1. The van der Waals surface area contributed by atoms with Gasteiger partial charge in [-0.3, -0.25) is 4.79 Å². The fraction of sp³-hybridized carbons (Fsp3) is 0.286. The van der Waals surface area contributed by atoms with Crippen LogP contribution in [0.25, 0.3) is 6.08 Å². The molecule has 0 unspecified atom stereocenters. The van der Waals surface area contributed by atoms with Gasteiger partial charge in [-0.1, -0.05) is 6.08 Å². The van der Waals surface area contributed by atoms with Crippen LogP contribution in [0.2, 0.25) is 0 Å². The summed E-state index contributed by atoms with van der Waals surface area (Å²) in [5, 5.41) is 3.91. The lowest BCUT2D eigenvalue weighted by molar-refractivity contribution is -0.121.